The summed E-state index contributed by atoms with van der Waals surface area (Å²) in [5.41, 5.74) is 0. The second-order valence-corrected chi connectivity index (χ2v) is 6.79. The standard InChI is InChI=1S/C12H24O3.C10H22O6/c1-3-5-7-9-11(13)15-12(14)10-8-6-4-2;11-1-3-13-5-7-15-9-10-16-8-6-14-4-2-12/h11,13H,3-10H2,1-2H3;11-12H,1-10H2. The lowest BCUT2D eigenvalue weighted by atomic mass is 10.2. The summed E-state index contributed by atoms with van der Waals surface area (Å²) >= 11 is 0. The van der Waals surface area contributed by atoms with Crippen LogP contribution in [-0.4, -0.2) is 93.6 Å². The predicted molar refractivity (Wildman–Crippen MR) is 118 cm³/mol. The highest BCUT2D eigenvalue weighted by molar-refractivity contribution is 5.69. The van der Waals surface area contributed by atoms with E-state index in [1.807, 2.05) is 0 Å². The van der Waals surface area contributed by atoms with Crippen LogP contribution in [0.25, 0.3) is 0 Å². The Hall–Kier alpha value is -0.810. The summed E-state index contributed by atoms with van der Waals surface area (Å²) in [5, 5.41) is 26.2. The molecule has 0 aliphatic rings. The average molecular weight is 455 g/mol. The van der Waals surface area contributed by atoms with Gasteiger partial charge in [-0.2, -0.15) is 0 Å². The molecular weight excluding hydrogens is 408 g/mol. The maximum absolute atomic E-state index is 11.2. The molecule has 0 aromatic heterocycles. The molecule has 9 nitrogen and oxygen atoms in total. The fraction of sp³-hybridized carbons (Fsp3) is 0.955. The molecule has 0 aliphatic heterocycles. The molecule has 1 unspecified atom stereocenters. The van der Waals surface area contributed by atoms with E-state index < -0.39 is 6.29 Å². The number of hydrogen-bond acceptors (Lipinski definition) is 9. The molecule has 0 saturated carbocycles. The molecule has 0 fully saturated rings. The first-order chi connectivity index (χ1) is 15.1. The van der Waals surface area contributed by atoms with Crippen molar-refractivity contribution < 1.29 is 43.8 Å². The number of unbranched alkanes of at least 4 members (excludes halogenated alkanes) is 4. The molecule has 0 aromatic rings. The minimum absolute atomic E-state index is 0.0386. The van der Waals surface area contributed by atoms with Gasteiger partial charge in [-0.1, -0.05) is 39.5 Å². The highest BCUT2D eigenvalue weighted by Gasteiger charge is 2.09. The van der Waals surface area contributed by atoms with E-state index >= 15 is 0 Å². The molecule has 0 saturated heterocycles. The van der Waals surface area contributed by atoms with Crippen molar-refractivity contribution in [3.63, 3.8) is 0 Å². The number of esters is 1. The lowest BCUT2D eigenvalue weighted by Gasteiger charge is -2.11. The molecule has 0 rings (SSSR count). The third kappa shape index (κ3) is 31.5. The van der Waals surface area contributed by atoms with Gasteiger partial charge in [-0.05, 0) is 12.8 Å². The molecule has 0 aliphatic carbocycles. The van der Waals surface area contributed by atoms with E-state index in [0.29, 0.717) is 65.7 Å². The molecule has 3 N–H and O–H groups in total. The van der Waals surface area contributed by atoms with Crippen LogP contribution in [0.1, 0.15) is 65.2 Å². The summed E-state index contributed by atoms with van der Waals surface area (Å²) < 4.78 is 25.2. The Labute approximate surface area is 188 Å². The lowest BCUT2D eigenvalue weighted by Crippen LogP contribution is -2.17. The molecule has 1 atom stereocenters. The Morgan fingerprint density at radius 2 is 1.10 bits per heavy atom. The average Bonchev–Trinajstić information content (AvgIpc) is 2.75. The molecule has 188 valence electrons. The smallest absolute Gasteiger partial charge is 0.308 e. The van der Waals surface area contributed by atoms with Gasteiger partial charge in [-0.25, -0.2) is 0 Å². The predicted octanol–water partition coefficient (Wildman–Crippen LogP) is 2.05. The first-order valence-electron chi connectivity index (χ1n) is 11.5. The van der Waals surface area contributed by atoms with Gasteiger partial charge in [-0.15, -0.1) is 0 Å². The Bertz CT molecular complexity index is 329. The van der Waals surface area contributed by atoms with Gasteiger partial charge in [0.1, 0.15) is 0 Å². The van der Waals surface area contributed by atoms with E-state index in [1.54, 1.807) is 0 Å². The highest BCUT2D eigenvalue weighted by atomic mass is 16.6. The van der Waals surface area contributed by atoms with Crippen LogP contribution in [0.15, 0.2) is 0 Å². The Morgan fingerprint density at radius 1 is 0.677 bits per heavy atom. The van der Waals surface area contributed by atoms with E-state index in [-0.39, 0.29) is 19.2 Å². The first-order valence-corrected chi connectivity index (χ1v) is 11.5. The minimum Gasteiger partial charge on any atom is -0.436 e. The van der Waals surface area contributed by atoms with Crippen molar-refractivity contribution in [1.29, 1.82) is 0 Å². The number of ether oxygens (including phenoxy) is 5. The van der Waals surface area contributed by atoms with Crippen LogP contribution in [0, 0.1) is 0 Å². The molecule has 0 bridgehead atoms. The van der Waals surface area contributed by atoms with Crippen LogP contribution in [0.2, 0.25) is 0 Å². The van der Waals surface area contributed by atoms with Crippen molar-refractivity contribution in [2.24, 2.45) is 0 Å². The second-order valence-electron chi connectivity index (χ2n) is 6.79. The summed E-state index contributed by atoms with van der Waals surface area (Å²) in [6, 6.07) is 0. The Kier molecular flexibility index (Phi) is 30.5. The zero-order valence-corrected chi connectivity index (χ0v) is 19.6. The zero-order valence-electron chi connectivity index (χ0n) is 19.6. The lowest BCUT2D eigenvalue weighted by molar-refractivity contribution is -0.168. The van der Waals surface area contributed by atoms with Crippen molar-refractivity contribution in [1.82, 2.24) is 0 Å². The molecular formula is C22H46O9. The van der Waals surface area contributed by atoms with Gasteiger partial charge in [0.25, 0.3) is 0 Å². The van der Waals surface area contributed by atoms with Crippen molar-refractivity contribution in [2.45, 2.75) is 71.5 Å². The maximum atomic E-state index is 11.2. The fourth-order valence-electron chi connectivity index (χ4n) is 2.25. The summed E-state index contributed by atoms with van der Waals surface area (Å²) in [5.74, 6) is -0.271. The Morgan fingerprint density at radius 3 is 1.52 bits per heavy atom. The van der Waals surface area contributed by atoms with Gasteiger partial charge in [0.2, 0.25) is 6.29 Å². The van der Waals surface area contributed by atoms with Gasteiger partial charge in [0.15, 0.2) is 0 Å². The van der Waals surface area contributed by atoms with Crippen LogP contribution in [0.5, 0.6) is 0 Å². The largest absolute Gasteiger partial charge is 0.436 e. The highest BCUT2D eigenvalue weighted by Crippen LogP contribution is 2.07. The van der Waals surface area contributed by atoms with Crippen LogP contribution in [-0.2, 0) is 28.5 Å². The number of carbonyl (C=O) groups is 1. The summed E-state index contributed by atoms with van der Waals surface area (Å²) in [4.78, 5) is 11.2. The number of hydrogen-bond donors (Lipinski definition) is 3. The third-order valence-electron chi connectivity index (χ3n) is 3.89. The topological polar surface area (TPSA) is 124 Å². The maximum Gasteiger partial charge on any atom is 0.308 e. The quantitative estimate of drug-likeness (QED) is 0.128. The molecule has 9 heteroatoms. The summed E-state index contributed by atoms with van der Waals surface area (Å²) in [7, 11) is 0. The van der Waals surface area contributed by atoms with E-state index in [1.165, 1.54) is 0 Å². The monoisotopic (exact) mass is 454 g/mol. The van der Waals surface area contributed by atoms with Crippen LogP contribution < -0.4 is 0 Å². The summed E-state index contributed by atoms with van der Waals surface area (Å²) in [6.07, 6.45) is 6.18. The number of rotatable bonds is 22. The normalized spacial score (nSPS) is 11.6. The number of aliphatic hydroxyl groups excluding tert-OH is 3. The van der Waals surface area contributed by atoms with Crippen molar-refractivity contribution >= 4 is 5.97 Å². The van der Waals surface area contributed by atoms with E-state index in [4.69, 9.17) is 33.9 Å². The number of aliphatic hydroxyl groups is 3. The molecule has 0 amide bonds. The van der Waals surface area contributed by atoms with E-state index in [9.17, 15) is 9.90 Å². The molecule has 0 spiro atoms. The Balaban J connectivity index is 0. The third-order valence-corrected chi connectivity index (χ3v) is 3.89. The van der Waals surface area contributed by atoms with E-state index in [0.717, 1.165) is 38.5 Å². The van der Waals surface area contributed by atoms with E-state index in [2.05, 4.69) is 13.8 Å². The molecule has 0 heterocycles. The SMILES string of the molecule is CCCCCC(=O)OC(O)CCCCC.OCCOCCOCCOCCOCCO. The van der Waals surface area contributed by atoms with Gasteiger partial charge >= 0.3 is 5.97 Å². The summed E-state index contributed by atoms with van der Waals surface area (Å²) in [6.45, 7) is 7.98. The van der Waals surface area contributed by atoms with Crippen LogP contribution >= 0.6 is 0 Å². The van der Waals surface area contributed by atoms with Crippen molar-refractivity contribution in [3.05, 3.63) is 0 Å². The van der Waals surface area contributed by atoms with Gasteiger partial charge < -0.3 is 39.0 Å². The van der Waals surface area contributed by atoms with Gasteiger partial charge in [-0.3, -0.25) is 4.79 Å². The van der Waals surface area contributed by atoms with Crippen molar-refractivity contribution in [3.8, 4) is 0 Å². The fourth-order valence-corrected chi connectivity index (χ4v) is 2.25. The van der Waals surface area contributed by atoms with Crippen LogP contribution in [0.4, 0.5) is 0 Å². The molecule has 31 heavy (non-hydrogen) atoms. The first kappa shape index (κ1) is 32.4. The second kappa shape index (κ2) is 29.2. The van der Waals surface area contributed by atoms with Gasteiger partial charge in [0, 0.05) is 12.8 Å². The zero-order chi connectivity index (χ0) is 23.4. The van der Waals surface area contributed by atoms with Gasteiger partial charge in [0.05, 0.1) is 66.1 Å². The number of carbonyl (C=O) groups excluding carboxylic acids is 1. The molecule has 0 aromatic carbocycles. The minimum atomic E-state index is -0.898. The van der Waals surface area contributed by atoms with Crippen molar-refractivity contribution in [2.75, 3.05) is 66.1 Å². The molecule has 0 radical (unpaired) electrons. The van der Waals surface area contributed by atoms with Crippen LogP contribution in [0.3, 0.4) is 0 Å².